The SMILES string of the molecule is NC1C(=NNc2cccc(Cl)c2)C=NN1N. The van der Waals surface area contributed by atoms with E-state index in [1.54, 1.807) is 12.1 Å². The predicted octanol–water partition coefficient (Wildman–Crippen LogP) is 0.568. The Morgan fingerprint density at radius 1 is 1.50 bits per heavy atom. The standard InChI is InChI=1S/C9H11ClN6/c10-6-2-1-3-7(4-6)14-15-8-5-13-16(12)9(8)11/h1-5,9,14H,11-12H2. The largest absolute Gasteiger partial charge is 0.303 e. The quantitative estimate of drug-likeness (QED) is 0.519. The first-order valence-corrected chi connectivity index (χ1v) is 4.97. The maximum absolute atomic E-state index is 5.82. The molecule has 1 aromatic rings. The lowest BCUT2D eigenvalue weighted by Gasteiger charge is -2.12. The summed E-state index contributed by atoms with van der Waals surface area (Å²) >= 11 is 5.82. The Hall–Kier alpha value is -1.63. The molecule has 0 aliphatic carbocycles. The minimum absolute atomic E-state index is 0.522. The molecule has 1 unspecified atom stereocenters. The van der Waals surface area contributed by atoms with Crippen molar-refractivity contribution in [3.05, 3.63) is 29.3 Å². The monoisotopic (exact) mass is 238 g/mol. The number of hydrazone groups is 2. The maximum Gasteiger partial charge on any atom is 0.157 e. The van der Waals surface area contributed by atoms with E-state index in [1.165, 1.54) is 6.21 Å². The highest BCUT2D eigenvalue weighted by molar-refractivity contribution is 6.34. The van der Waals surface area contributed by atoms with Gasteiger partial charge in [0.25, 0.3) is 0 Å². The second-order valence-electron chi connectivity index (χ2n) is 3.23. The number of benzene rings is 1. The fourth-order valence-electron chi connectivity index (χ4n) is 1.19. The lowest BCUT2D eigenvalue weighted by molar-refractivity contribution is 0.280. The van der Waals surface area contributed by atoms with Crippen molar-refractivity contribution < 1.29 is 0 Å². The van der Waals surface area contributed by atoms with Crippen LogP contribution in [0.1, 0.15) is 0 Å². The van der Waals surface area contributed by atoms with E-state index in [1.807, 2.05) is 12.1 Å². The van der Waals surface area contributed by atoms with Gasteiger partial charge in [-0.3, -0.25) is 5.43 Å². The van der Waals surface area contributed by atoms with Crippen LogP contribution in [0.5, 0.6) is 0 Å². The molecule has 84 valence electrons. The van der Waals surface area contributed by atoms with Crippen LogP contribution in [0.2, 0.25) is 5.02 Å². The van der Waals surface area contributed by atoms with Gasteiger partial charge in [-0.15, -0.1) is 0 Å². The van der Waals surface area contributed by atoms with Gasteiger partial charge in [-0.2, -0.15) is 10.2 Å². The molecule has 0 bridgehead atoms. The molecule has 1 aliphatic heterocycles. The Labute approximate surface area is 97.5 Å². The molecule has 0 amide bonds. The normalized spacial score (nSPS) is 21.8. The average Bonchev–Trinajstić information content (AvgIpc) is 2.57. The van der Waals surface area contributed by atoms with Crippen molar-refractivity contribution in [3.8, 4) is 0 Å². The zero-order valence-corrected chi connectivity index (χ0v) is 9.09. The maximum atomic E-state index is 5.82. The van der Waals surface area contributed by atoms with Crippen LogP contribution < -0.4 is 17.0 Å². The Bertz CT molecular complexity index is 443. The third-order valence-electron chi connectivity index (χ3n) is 2.05. The van der Waals surface area contributed by atoms with Crippen LogP contribution in [0.15, 0.2) is 34.5 Å². The number of rotatable bonds is 2. The van der Waals surface area contributed by atoms with Gasteiger partial charge in [-0.25, -0.2) is 11.0 Å². The number of nitrogens with two attached hydrogens (primary N) is 2. The zero-order valence-electron chi connectivity index (χ0n) is 8.34. The lowest BCUT2D eigenvalue weighted by Crippen LogP contribution is -2.44. The molecule has 6 nitrogen and oxygen atoms in total. The molecule has 0 spiro atoms. The van der Waals surface area contributed by atoms with Gasteiger partial charge in [0.15, 0.2) is 6.17 Å². The van der Waals surface area contributed by atoms with Crippen LogP contribution in [0.3, 0.4) is 0 Å². The van der Waals surface area contributed by atoms with Crippen LogP contribution in [-0.2, 0) is 0 Å². The molecule has 5 N–H and O–H groups in total. The molecule has 0 saturated carbocycles. The second kappa shape index (κ2) is 4.48. The summed E-state index contributed by atoms with van der Waals surface area (Å²) in [6.07, 6.45) is 0.981. The van der Waals surface area contributed by atoms with Gasteiger partial charge in [0.2, 0.25) is 0 Å². The predicted molar refractivity (Wildman–Crippen MR) is 65.0 cm³/mol. The first kappa shape index (κ1) is 10.9. The highest BCUT2D eigenvalue weighted by Crippen LogP contribution is 2.14. The molecule has 0 saturated heterocycles. The van der Waals surface area contributed by atoms with Crippen molar-refractivity contribution in [1.82, 2.24) is 5.12 Å². The number of hydrazine groups is 1. The Morgan fingerprint density at radius 2 is 2.31 bits per heavy atom. The van der Waals surface area contributed by atoms with Gasteiger partial charge in [-0.1, -0.05) is 17.7 Å². The molecule has 0 aromatic heterocycles. The minimum Gasteiger partial charge on any atom is -0.303 e. The molecule has 1 aliphatic rings. The van der Waals surface area contributed by atoms with E-state index in [4.69, 9.17) is 23.2 Å². The molecule has 16 heavy (non-hydrogen) atoms. The van der Waals surface area contributed by atoms with E-state index < -0.39 is 6.17 Å². The fourth-order valence-corrected chi connectivity index (χ4v) is 1.38. The molecule has 7 heteroatoms. The van der Waals surface area contributed by atoms with Crippen molar-refractivity contribution in [1.29, 1.82) is 0 Å². The summed E-state index contributed by atoms with van der Waals surface area (Å²) in [5, 5.41) is 9.64. The Balaban J connectivity index is 2.07. The minimum atomic E-state index is -0.522. The van der Waals surface area contributed by atoms with E-state index in [0.29, 0.717) is 10.7 Å². The van der Waals surface area contributed by atoms with Gasteiger partial charge in [0, 0.05) is 5.02 Å². The molecular weight excluding hydrogens is 228 g/mol. The van der Waals surface area contributed by atoms with E-state index in [2.05, 4.69) is 15.6 Å². The van der Waals surface area contributed by atoms with Gasteiger partial charge in [0.05, 0.1) is 11.9 Å². The summed E-state index contributed by atoms with van der Waals surface area (Å²) in [6.45, 7) is 0. The number of nitrogens with zero attached hydrogens (tertiary/aromatic N) is 3. The van der Waals surface area contributed by atoms with E-state index in [-0.39, 0.29) is 0 Å². The van der Waals surface area contributed by atoms with Crippen LogP contribution in [0, 0.1) is 0 Å². The zero-order chi connectivity index (χ0) is 11.5. The van der Waals surface area contributed by atoms with Crippen LogP contribution in [0.4, 0.5) is 5.69 Å². The lowest BCUT2D eigenvalue weighted by atomic mass is 10.3. The Morgan fingerprint density at radius 3 is 2.94 bits per heavy atom. The van der Waals surface area contributed by atoms with Crippen molar-refractivity contribution in [2.24, 2.45) is 21.8 Å². The molecule has 0 radical (unpaired) electrons. The molecule has 2 rings (SSSR count). The van der Waals surface area contributed by atoms with Gasteiger partial charge in [-0.05, 0) is 18.2 Å². The number of halogens is 1. The van der Waals surface area contributed by atoms with Gasteiger partial charge < -0.3 is 5.73 Å². The van der Waals surface area contributed by atoms with Crippen molar-refractivity contribution >= 4 is 29.2 Å². The highest BCUT2D eigenvalue weighted by atomic mass is 35.5. The summed E-state index contributed by atoms with van der Waals surface area (Å²) in [5.41, 5.74) is 9.86. The Kier molecular flexibility index (Phi) is 3.04. The van der Waals surface area contributed by atoms with E-state index >= 15 is 0 Å². The summed E-state index contributed by atoms with van der Waals surface area (Å²) in [7, 11) is 0. The molecular formula is C9H11ClN6. The topological polar surface area (TPSA) is 92.0 Å². The first-order chi connectivity index (χ1) is 7.66. The molecule has 1 aromatic carbocycles. The summed E-state index contributed by atoms with van der Waals surface area (Å²) in [4.78, 5) is 0. The van der Waals surface area contributed by atoms with Crippen LogP contribution in [-0.4, -0.2) is 23.2 Å². The summed E-state index contributed by atoms with van der Waals surface area (Å²) < 4.78 is 0. The van der Waals surface area contributed by atoms with Crippen molar-refractivity contribution in [3.63, 3.8) is 0 Å². The first-order valence-electron chi connectivity index (χ1n) is 4.59. The van der Waals surface area contributed by atoms with Crippen LogP contribution in [0.25, 0.3) is 0 Å². The summed E-state index contributed by atoms with van der Waals surface area (Å²) in [5.74, 6) is 5.44. The van der Waals surface area contributed by atoms with E-state index in [9.17, 15) is 0 Å². The second-order valence-corrected chi connectivity index (χ2v) is 3.66. The van der Waals surface area contributed by atoms with E-state index in [0.717, 1.165) is 10.8 Å². The number of hydrogen-bond donors (Lipinski definition) is 3. The van der Waals surface area contributed by atoms with Gasteiger partial charge in [0.1, 0.15) is 5.71 Å². The highest BCUT2D eigenvalue weighted by Gasteiger charge is 2.20. The fraction of sp³-hybridized carbons (Fsp3) is 0.111. The number of anilines is 1. The molecule has 0 fully saturated rings. The van der Waals surface area contributed by atoms with Crippen molar-refractivity contribution in [2.45, 2.75) is 6.17 Å². The smallest absolute Gasteiger partial charge is 0.157 e. The third-order valence-corrected chi connectivity index (χ3v) is 2.29. The van der Waals surface area contributed by atoms with Gasteiger partial charge >= 0.3 is 0 Å². The molecule has 1 heterocycles. The third kappa shape index (κ3) is 2.30. The number of hydrogen-bond acceptors (Lipinski definition) is 6. The summed E-state index contributed by atoms with van der Waals surface area (Å²) in [6, 6.07) is 7.20. The molecule has 1 atom stereocenters. The average molecular weight is 239 g/mol. The van der Waals surface area contributed by atoms with Crippen molar-refractivity contribution in [2.75, 3.05) is 5.43 Å². The number of nitrogens with one attached hydrogen (secondary N) is 1. The van der Waals surface area contributed by atoms with Crippen LogP contribution >= 0.6 is 11.6 Å².